The number of hydrogen-bond donors (Lipinski definition) is 2. The van der Waals surface area contributed by atoms with Crippen molar-refractivity contribution in [1.29, 1.82) is 0 Å². The smallest absolute Gasteiger partial charge is 0.408 e. The average Bonchev–Trinajstić information content (AvgIpc) is 2.82. The van der Waals surface area contributed by atoms with E-state index < -0.39 is 0 Å². The molecule has 0 aliphatic heterocycles. The molecule has 1 saturated carbocycles. The lowest BCUT2D eigenvalue weighted by Crippen LogP contribution is -2.43. The minimum atomic E-state index is -0.359. The summed E-state index contributed by atoms with van der Waals surface area (Å²) in [5.41, 5.74) is 2.40. The van der Waals surface area contributed by atoms with Crippen LogP contribution in [-0.2, 0) is 13.5 Å². The highest BCUT2D eigenvalue weighted by Crippen LogP contribution is 2.17. The summed E-state index contributed by atoms with van der Waals surface area (Å²) in [6.07, 6.45) is 6.54. The predicted octanol–water partition coefficient (Wildman–Crippen LogP) is 2.31. The van der Waals surface area contributed by atoms with E-state index in [2.05, 4.69) is 10.6 Å². The molecule has 1 fully saturated rings. The number of aryl methyl sites for hydroxylation is 1. The van der Waals surface area contributed by atoms with Gasteiger partial charge in [0.05, 0.1) is 5.52 Å². The van der Waals surface area contributed by atoms with Gasteiger partial charge in [0.1, 0.15) is 0 Å². The number of aromatic nitrogens is 1. The fourth-order valence-corrected chi connectivity index (χ4v) is 3.14. The van der Waals surface area contributed by atoms with Crippen LogP contribution in [0.4, 0.5) is 4.79 Å². The van der Waals surface area contributed by atoms with Crippen LogP contribution < -0.4 is 16.4 Å². The van der Waals surface area contributed by atoms with E-state index in [0.29, 0.717) is 24.6 Å². The molecule has 6 nitrogen and oxygen atoms in total. The van der Waals surface area contributed by atoms with Crippen molar-refractivity contribution in [3.63, 3.8) is 0 Å². The van der Waals surface area contributed by atoms with Crippen molar-refractivity contribution in [2.75, 3.05) is 6.54 Å². The molecule has 0 unspecified atom stereocenters. The summed E-state index contributed by atoms with van der Waals surface area (Å²) in [5.74, 6) is -0.359. The molecule has 23 heavy (non-hydrogen) atoms. The van der Waals surface area contributed by atoms with Gasteiger partial charge in [0, 0.05) is 19.6 Å². The number of hydrogen-bond acceptors (Lipinski definition) is 3. The number of nitrogens with zero attached hydrogens (tertiary/aromatic N) is 1. The largest absolute Gasteiger partial charge is 0.419 e. The highest BCUT2D eigenvalue weighted by Gasteiger charge is 2.15. The van der Waals surface area contributed by atoms with Crippen LogP contribution in [0.15, 0.2) is 27.4 Å². The molecule has 6 heteroatoms. The topological polar surface area (TPSA) is 76.3 Å². The van der Waals surface area contributed by atoms with Crippen molar-refractivity contribution in [1.82, 2.24) is 15.2 Å². The van der Waals surface area contributed by atoms with E-state index in [0.717, 1.165) is 23.9 Å². The number of nitrogens with one attached hydrogen (secondary N) is 2. The summed E-state index contributed by atoms with van der Waals surface area (Å²) in [7, 11) is 1.69. The second kappa shape index (κ2) is 6.89. The van der Waals surface area contributed by atoms with E-state index in [1.807, 2.05) is 18.2 Å². The van der Waals surface area contributed by atoms with E-state index >= 15 is 0 Å². The third kappa shape index (κ3) is 3.75. The number of rotatable bonds is 4. The molecule has 0 radical (unpaired) electrons. The Balaban J connectivity index is 1.50. The first-order chi connectivity index (χ1) is 11.1. The van der Waals surface area contributed by atoms with E-state index in [-0.39, 0.29) is 11.8 Å². The van der Waals surface area contributed by atoms with Gasteiger partial charge in [-0.2, -0.15) is 0 Å². The van der Waals surface area contributed by atoms with Crippen molar-refractivity contribution < 1.29 is 9.21 Å². The molecule has 1 heterocycles. The normalized spacial score (nSPS) is 15.7. The Morgan fingerprint density at radius 3 is 2.87 bits per heavy atom. The summed E-state index contributed by atoms with van der Waals surface area (Å²) in [5, 5.41) is 5.93. The maximum absolute atomic E-state index is 11.9. The summed E-state index contributed by atoms with van der Waals surface area (Å²) < 4.78 is 6.66. The Bertz CT molecular complexity index is 741. The zero-order valence-corrected chi connectivity index (χ0v) is 13.4. The standard InChI is InChI=1S/C17H23N3O3/c1-20-14-8-7-12(11-15(14)23-17(20)22)9-10-18-16(21)19-13-5-3-2-4-6-13/h7-8,11,13H,2-6,9-10H2,1H3,(H2,18,19,21). The van der Waals surface area contributed by atoms with Gasteiger partial charge in [-0.25, -0.2) is 9.59 Å². The third-order valence-corrected chi connectivity index (χ3v) is 4.50. The van der Waals surface area contributed by atoms with Crippen LogP contribution in [0.1, 0.15) is 37.7 Å². The first-order valence-electron chi connectivity index (χ1n) is 8.26. The number of urea groups is 1. The van der Waals surface area contributed by atoms with Gasteiger partial charge in [-0.15, -0.1) is 0 Å². The Kier molecular flexibility index (Phi) is 4.69. The third-order valence-electron chi connectivity index (χ3n) is 4.50. The van der Waals surface area contributed by atoms with E-state index in [9.17, 15) is 9.59 Å². The fourth-order valence-electron chi connectivity index (χ4n) is 3.14. The molecule has 3 rings (SSSR count). The van der Waals surface area contributed by atoms with Gasteiger partial charge in [-0.05, 0) is 37.0 Å². The molecule has 0 atom stereocenters. The molecule has 1 aromatic heterocycles. The van der Waals surface area contributed by atoms with Gasteiger partial charge in [-0.3, -0.25) is 4.57 Å². The highest BCUT2D eigenvalue weighted by atomic mass is 16.4. The molecule has 2 amide bonds. The van der Waals surface area contributed by atoms with Crippen molar-refractivity contribution >= 4 is 17.1 Å². The molecule has 0 spiro atoms. The van der Waals surface area contributed by atoms with Gasteiger partial charge >= 0.3 is 11.8 Å². The molecular formula is C17H23N3O3. The SMILES string of the molecule is Cn1c(=O)oc2cc(CCNC(=O)NC3CCCCC3)ccc21. The molecule has 0 saturated heterocycles. The molecule has 1 aliphatic rings. The summed E-state index contributed by atoms with van der Waals surface area (Å²) in [6, 6.07) is 5.91. The van der Waals surface area contributed by atoms with Gasteiger partial charge < -0.3 is 15.1 Å². The molecule has 1 aliphatic carbocycles. The lowest BCUT2D eigenvalue weighted by molar-refractivity contribution is 0.233. The predicted molar refractivity (Wildman–Crippen MR) is 88.6 cm³/mol. The first-order valence-corrected chi connectivity index (χ1v) is 8.26. The molecule has 1 aromatic carbocycles. The summed E-state index contributed by atoms with van der Waals surface area (Å²) >= 11 is 0. The van der Waals surface area contributed by atoms with Crippen molar-refractivity contribution in [3.8, 4) is 0 Å². The van der Waals surface area contributed by atoms with Gasteiger partial charge in [0.25, 0.3) is 0 Å². The lowest BCUT2D eigenvalue weighted by atomic mass is 9.96. The molecule has 2 aromatic rings. The molecule has 124 valence electrons. The maximum atomic E-state index is 11.9. The van der Waals surface area contributed by atoms with E-state index in [4.69, 9.17) is 4.42 Å². The number of carbonyl (C=O) groups is 1. The number of amides is 2. The molecular weight excluding hydrogens is 294 g/mol. The van der Waals surface area contributed by atoms with E-state index in [1.165, 1.54) is 23.8 Å². The Morgan fingerprint density at radius 1 is 1.30 bits per heavy atom. The highest BCUT2D eigenvalue weighted by molar-refractivity contribution is 5.75. The van der Waals surface area contributed by atoms with Crippen LogP contribution in [0, 0.1) is 0 Å². The maximum Gasteiger partial charge on any atom is 0.419 e. The monoisotopic (exact) mass is 317 g/mol. The fraction of sp³-hybridized carbons (Fsp3) is 0.529. The minimum Gasteiger partial charge on any atom is -0.408 e. The number of oxazole rings is 1. The Labute approximate surface area is 134 Å². The second-order valence-electron chi connectivity index (χ2n) is 6.21. The zero-order chi connectivity index (χ0) is 16.2. The van der Waals surface area contributed by atoms with Crippen LogP contribution in [0.3, 0.4) is 0 Å². The molecule has 0 bridgehead atoms. The Morgan fingerprint density at radius 2 is 2.09 bits per heavy atom. The quantitative estimate of drug-likeness (QED) is 0.908. The number of benzene rings is 1. The number of fused-ring (bicyclic) bond motifs is 1. The van der Waals surface area contributed by atoms with Gasteiger partial charge in [0.2, 0.25) is 0 Å². The van der Waals surface area contributed by atoms with Crippen molar-refractivity contribution in [3.05, 3.63) is 34.3 Å². The summed E-state index contributed by atoms with van der Waals surface area (Å²) in [4.78, 5) is 23.3. The van der Waals surface area contributed by atoms with Crippen LogP contribution in [0.5, 0.6) is 0 Å². The van der Waals surface area contributed by atoms with Gasteiger partial charge in [0.15, 0.2) is 5.58 Å². The molecule has 2 N–H and O–H groups in total. The second-order valence-corrected chi connectivity index (χ2v) is 6.21. The lowest BCUT2D eigenvalue weighted by Gasteiger charge is -2.22. The average molecular weight is 317 g/mol. The number of carbonyl (C=O) groups excluding carboxylic acids is 1. The van der Waals surface area contributed by atoms with Crippen LogP contribution in [-0.4, -0.2) is 23.2 Å². The first kappa shape index (κ1) is 15.6. The van der Waals surface area contributed by atoms with Crippen molar-refractivity contribution in [2.24, 2.45) is 7.05 Å². The van der Waals surface area contributed by atoms with Crippen LogP contribution in [0.25, 0.3) is 11.1 Å². The van der Waals surface area contributed by atoms with Crippen LogP contribution in [0.2, 0.25) is 0 Å². The van der Waals surface area contributed by atoms with Gasteiger partial charge in [-0.1, -0.05) is 25.3 Å². The zero-order valence-electron chi connectivity index (χ0n) is 13.4. The minimum absolute atomic E-state index is 0.0933. The van der Waals surface area contributed by atoms with Crippen molar-refractivity contribution in [2.45, 2.75) is 44.6 Å². The Hall–Kier alpha value is -2.24. The summed E-state index contributed by atoms with van der Waals surface area (Å²) in [6.45, 7) is 0.557. The van der Waals surface area contributed by atoms with Crippen LogP contribution >= 0.6 is 0 Å². The van der Waals surface area contributed by atoms with E-state index in [1.54, 1.807) is 7.05 Å².